The van der Waals surface area contributed by atoms with Gasteiger partial charge in [0.15, 0.2) is 11.8 Å². The van der Waals surface area contributed by atoms with Gasteiger partial charge in [0.25, 0.3) is 0 Å². The lowest BCUT2D eigenvalue weighted by Crippen LogP contribution is -2.45. The monoisotopic (exact) mass is 268 g/mol. The van der Waals surface area contributed by atoms with Crippen molar-refractivity contribution in [3.05, 3.63) is 16.7 Å². The normalized spacial score (nSPS) is 34.1. The summed E-state index contributed by atoms with van der Waals surface area (Å²) >= 11 is 0. The summed E-state index contributed by atoms with van der Waals surface area (Å²) < 4.78 is 5.91. The van der Waals surface area contributed by atoms with E-state index >= 15 is 0 Å². The van der Waals surface area contributed by atoms with Gasteiger partial charge in [0.1, 0.15) is 18.0 Å². The summed E-state index contributed by atoms with van der Waals surface area (Å²) in [6, 6.07) is 0. The van der Waals surface area contributed by atoms with Crippen molar-refractivity contribution in [2.24, 2.45) is 0 Å². The van der Waals surface area contributed by atoms with E-state index in [0.717, 1.165) is 6.20 Å². The van der Waals surface area contributed by atoms with Gasteiger partial charge in [-0.3, -0.25) is 0 Å². The topological polar surface area (TPSA) is 144 Å². The highest BCUT2D eigenvalue weighted by molar-refractivity contribution is 5.21. The van der Waals surface area contributed by atoms with Crippen LogP contribution in [0.3, 0.4) is 0 Å². The summed E-state index contributed by atoms with van der Waals surface area (Å²) in [5.41, 5.74) is 2.61. The van der Waals surface area contributed by atoms with Crippen LogP contribution in [-0.2, 0) is 4.74 Å². The Hall–Kier alpha value is -1.99. The molecule has 2 heterocycles. The number of anilines is 1. The van der Waals surface area contributed by atoms with Gasteiger partial charge in [-0.05, 0) is 0 Å². The lowest BCUT2D eigenvalue weighted by Gasteiger charge is -2.23. The SMILES string of the molecule is C#CC1(CO)OC(n2ncc(N)nc2=O)C(O)C1O. The predicted molar refractivity (Wildman–Crippen MR) is 61.5 cm³/mol. The zero-order valence-electron chi connectivity index (χ0n) is 9.67. The largest absolute Gasteiger partial charge is 0.392 e. The van der Waals surface area contributed by atoms with E-state index in [9.17, 15) is 20.1 Å². The summed E-state index contributed by atoms with van der Waals surface area (Å²) in [4.78, 5) is 15.0. The maximum absolute atomic E-state index is 11.6. The van der Waals surface area contributed by atoms with Crippen LogP contribution in [0.1, 0.15) is 6.23 Å². The molecule has 0 saturated carbocycles. The zero-order chi connectivity index (χ0) is 14.2. The number of rotatable bonds is 2. The second-order valence-corrected chi connectivity index (χ2v) is 4.04. The Kier molecular flexibility index (Phi) is 3.25. The van der Waals surface area contributed by atoms with Crippen LogP contribution in [0.5, 0.6) is 0 Å². The van der Waals surface area contributed by atoms with Crippen molar-refractivity contribution < 1.29 is 20.1 Å². The highest BCUT2D eigenvalue weighted by atomic mass is 16.6. The van der Waals surface area contributed by atoms with Crippen LogP contribution in [0.4, 0.5) is 5.82 Å². The Morgan fingerprint density at radius 3 is 2.79 bits per heavy atom. The summed E-state index contributed by atoms with van der Waals surface area (Å²) in [7, 11) is 0. The van der Waals surface area contributed by atoms with Gasteiger partial charge in [-0.2, -0.15) is 14.8 Å². The van der Waals surface area contributed by atoms with E-state index in [1.54, 1.807) is 0 Å². The second-order valence-electron chi connectivity index (χ2n) is 4.04. The zero-order valence-corrected chi connectivity index (χ0v) is 9.67. The second kappa shape index (κ2) is 4.60. The number of ether oxygens (including phenoxy) is 1. The van der Waals surface area contributed by atoms with Crippen molar-refractivity contribution in [2.75, 3.05) is 12.3 Å². The third-order valence-electron chi connectivity index (χ3n) is 2.88. The van der Waals surface area contributed by atoms with E-state index in [4.69, 9.17) is 16.9 Å². The number of nitrogen functional groups attached to an aromatic ring is 1. The minimum Gasteiger partial charge on any atom is -0.392 e. The summed E-state index contributed by atoms with van der Waals surface area (Å²) in [5, 5.41) is 32.5. The molecular weight excluding hydrogens is 256 g/mol. The first-order valence-electron chi connectivity index (χ1n) is 5.29. The third kappa shape index (κ3) is 1.96. The third-order valence-corrected chi connectivity index (χ3v) is 2.88. The van der Waals surface area contributed by atoms with E-state index in [-0.39, 0.29) is 5.82 Å². The first-order valence-corrected chi connectivity index (χ1v) is 5.29. The molecule has 1 aliphatic heterocycles. The van der Waals surface area contributed by atoms with Gasteiger partial charge < -0.3 is 25.8 Å². The number of nitrogens with zero attached hydrogens (tertiary/aromatic N) is 3. The molecular formula is C10H12N4O5. The Morgan fingerprint density at radius 2 is 2.32 bits per heavy atom. The van der Waals surface area contributed by atoms with Crippen LogP contribution < -0.4 is 11.4 Å². The molecule has 1 aromatic heterocycles. The molecule has 102 valence electrons. The molecule has 1 aromatic rings. The smallest absolute Gasteiger partial charge is 0.368 e. The number of aliphatic hydroxyl groups is 3. The van der Waals surface area contributed by atoms with Crippen molar-refractivity contribution in [1.29, 1.82) is 0 Å². The molecule has 5 N–H and O–H groups in total. The average molecular weight is 268 g/mol. The molecule has 0 aromatic carbocycles. The fourth-order valence-corrected chi connectivity index (χ4v) is 1.81. The number of aliphatic hydroxyl groups excluding tert-OH is 3. The molecule has 4 atom stereocenters. The minimum atomic E-state index is -1.80. The van der Waals surface area contributed by atoms with Gasteiger partial charge in [-0.1, -0.05) is 5.92 Å². The molecule has 1 fully saturated rings. The van der Waals surface area contributed by atoms with Crippen LogP contribution in [-0.4, -0.2) is 54.5 Å². The van der Waals surface area contributed by atoms with E-state index < -0.39 is 36.3 Å². The molecule has 0 bridgehead atoms. The van der Waals surface area contributed by atoms with Gasteiger partial charge in [0.05, 0.1) is 12.8 Å². The fraction of sp³-hybridized carbons (Fsp3) is 0.500. The van der Waals surface area contributed by atoms with Gasteiger partial charge in [0.2, 0.25) is 0 Å². The summed E-state index contributed by atoms with van der Waals surface area (Å²) in [6.45, 7) is -0.727. The first kappa shape index (κ1) is 13.4. The Morgan fingerprint density at radius 1 is 1.63 bits per heavy atom. The van der Waals surface area contributed by atoms with Crippen LogP contribution in [0, 0.1) is 12.3 Å². The number of hydrogen-bond donors (Lipinski definition) is 4. The van der Waals surface area contributed by atoms with Gasteiger partial charge in [0, 0.05) is 0 Å². The molecule has 0 radical (unpaired) electrons. The minimum absolute atomic E-state index is 0.0975. The molecule has 1 saturated heterocycles. The van der Waals surface area contributed by atoms with Crippen molar-refractivity contribution >= 4 is 5.82 Å². The van der Waals surface area contributed by atoms with Crippen molar-refractivity contribution in [1.82, 2.24) is 14.8 Å². The average Bonchev–Trinajstić information content (AvgIpc) is 2.64. The highest BCUT2D eigenvalue weighted by Gasteiger charge is 2.54. The first-order chi connectivity index (χ1) is 8.95. The maximum Gasteiger partial charge on any atom is 0.368 e. The molecule has 1 aliphatic rings. The number of nitrogens with two attached hydrogens (primary N) is 1. The fourth-order valence-electron chi connectivity index (χ4n) is 1.81. The van der Waals surface area contributed by atoms with Crippen LogP contribution in [0.25, 0.3) is 0 Å². The van der Waals surface area contributed by atoms with Crippen molar-refractivity contribution in [3.8, 4) is 12.3 Å². The summed E-state index contributed by atoms with van der Waals surface area (Å²) in [5.74, 6) is 1.97. The van der Waals surface area contributed by atoms with Gasteiger partial charge in [-0.25, -0.2) is 4.79 Å². The predicted octanol–water partition coefficient (Wildman–Crippen LogP) is -3.16. The number of terminal acetylenes is 1. The van der Waals surface area contributed by atoms with Crippen LogP contribution in [0.2, 0.25) is 0 Å². The number of hydrogen-bond acceptors (Lipinski definition) is 8. The van der Waals surface area contributed by atoms with Crippen molar-refractivity contribution in [2.45, 2.75) is 24.0 Å². The summed E-state index contributed by atoms with van der Waals surface area (Å²) in [6.07, 6.45) is 1.79. The van der Waals surface area contributed by atoms with E-state index in [2.05, 4.69) is 16.0 Å². The molecule has 9 heteroatoms. The lowest BCUT2D eigenvalue weighted by atomic mass is 9.97. The van der Waals surface area contributed by atoms with E-state index in [1.165, 1.54) is 0 Å². The van der Waals surface area contributed by atoms with E-state index in [0.29, 0.717) is 4.68 Å². The molecule has 0 amide bonds. The standard InChI is InChI=1S/C10H12N4O5/c1-2-10(4-15)7(17)6(16)8(19-10)14-9(18)13-5(11)3-12-14/h1,3,6-8,15-17H,4H2,(H2,11,13,18). The Bertz CT molecular complexity index is 582. The molecule has 19 heavy (non-hydrogen) atoms. The Labute approximate surface area is 107 Å². The highest BCUT2D eigenvalue weighted by Crippen LogP contribution is 2.35. The van der Waals surface area contributed by atoms with Crippen LogP contribution in [0.15, 0.2) is 11.0 Å². The van der Waals surface area contributed by atoms with Gasteiger partial charge >= 0.3 is 5.69 Å². The molecule has 4 unspecified atom stereocenters. The lowest BCUT2D eigenvalue weighted by molar-refractivity contribution is -0.0980. The quantitative estimate of drug-likeness (QED) is 0.411. The van der Waals surface area contributed by atoms with Crippen molar-refractivity contribution in [3.63, 3.8) is 0 Å². The molecule has 2 rings (SSSR count). The molecule has 0 aliphatic carbocycles. The Balaban J connectivity index is 2.43. The van der Waals surface area contributed by atoms with Crippen LogP contribution >= 0.6 is 0 Å². The maximum atomic E-state index is 11.6. The van der Waals surface area contributed by atoms with E-state index in [1.807, 2.05) is 0 Å². The molecule has 9 nitrogen and oxygen atoms in total. The van der Waals surface area contributed by atoms with Gasteiger partial charge in [-0.15, -0.1) is 6.42 Å². The molecule has 0 spiro atoms. The number of aromatic nitrogens is 3.